The Hall–Kier alpha value is -1.34. The first-order valence-electron chi connectivity index (χ1n) is 9.05. The number of halogens is 1. The summed E-state index contributed by atoms with van der Waals surface area (Å²) < 4.78 is 7.01. The van der Waals surface area contributed by atoms with Crippen LogP contribution in [0.2, 0.25) is 5.02 Å². The number of aryl methyl sites for hydroxylation is 2. The maximum absolute atomic E-state index is 13.3. The summed E-state index contributed by atoms with van der Waals surface area (Å²) in [6.07, 6.45) is 3.18. The van der Waals surface area contributed by atoms with Crippen LogP contribution in [0.15, 0.2) is 34.2 Å². The van der Waals surface area contributed by atoms with Crippen LogP contribution in [0.25, 0.3) is 10.2 Å². The molecule has 0 bridgehead atoms. The summed E-state index contributed by atoms with van der Waals surface area (Å²) in [5, 5.41) is 2.37. The molecule has 0 fully saturated rings. The van der Waals surface area contributed by atoms with Crippen molar-refractivity contribution in [2.75, 3.05) is 13.7 Å². The van der Waals surface area contributed by atoms with Crippen LogP contribution in [0, 0.1) is 0 Å². The van der Waals surface area contributed by atoms with Crippen molar-refractivity contribution in [2.45, 2.75) is 43.1 Å². The second kappa shape index (κ2) is 7.95. The van der Waals surface area contributed by atoms with Gasteiger partial charge in [0.15, 0.2) is 5.16 Å². The smallest absolute Gasteiger partial charge is 0.263 e. The van der Waals surface area contributed by atoms with E-state index >= 15 is 0 Å². The highest BCUT2D eigenvalue weighted by molar-refractivity contribution is 7.99. The van der Waals surface area contributed by atoms with Crippen LogP contribution in [0.1, 0.15) is 34.6 Å². The summed E-state index contributed by atoms with van der Waals surface area (Å²) in [5.41, 5.74) is 2.32. The molecule has 142 valence electrons. The second-order valence-electron chi connectivity index (χ2n) is 6.66. The van der Waals surface area contributed by atoms with Gasteiger partial charge in [-0.05, 0) is 43.4 Å². The van der Waals surface area contributed by atoms with Gasteiger partial charge in [-0.15, -0.1) is 11.3 Å². The van der Waals surface area contributed by atoms with E-state index in [-0.39, 0.29) is 10.8 Å². The highest BCUT2D eigenvalue weighted by Crippen LogP contribution is 2.39. The third-order valence-corrected chi connectivity index (χ3v) is 7.59. The van der Waals surface area contributed by atoms with E-state index < -0.39 is 0 Å². The molecule has 0 aliphatic heterocycles. The maximum Gasteiger partial charge on any atom is 0.263 e. The van der Waals surface area contributed by atoms with Crippen LogP contribution < -0.4 is 5.56 Å². The van der Waals surface area contributed by atoms with Crippen molar-refractivity contribution in [1.29, 1.82) is 0 Å². The molecule has 4 rings (SSSR count). The second-order valence-corrected chi connectivity index (χ2v) is 9.46. The molecule has 7 heteroatoms. The number of benzene rings is 1. The van der Waals surface area contributed by atoms with E-state index in [4.69, 9.17) is 21.3 Å². The number of hydrogen-bond acceptors (Lipinski definition) is 5. The first kappa shape index (κ1) is 19.0. The lowest BCUT2D eigenvalue weighted by Crippen LogP contribution is -2.25. The first-order chi connectivity index (χ1) is 13.1. The van der Waals surface area contributed by atoms with Gasteiger partial charge in [0.2, 0.25) is 0 Å². The Kier molecular flexibility index (Phi) is 5.60. The highest BCUT2D eigenvalue weighted by Gasteiger charge is 2.24. The van der Waals surface area contributed by atoms with Gasteiger partial charge in [0.25, 0.3) is 5.56 Å². The number of nitrogens with zero attached hydrogens (tertiary/aromatic N) is 2. The predicted molar refractivity (Wildman–Crippen MR) is 114 cm³/mol. The molecule has 0 radical (unpaired) electrons. The van der Waals surface area contributed by atoms with E-state index in [2.05, 4.69) is 6.92 Å². The van der Waals surface area contributed by atoms with E-state index in [9.17, 15) is 4.79 Å². The van der Waals surface area contributed by atoms with Gasteiger partial charge in [-0.3, -0.25) is 9.36 Å². The normalized spacial score (nSPS) is 14.6. The van der Waals surface area contributed by atoms with E-state index in [1.807, 2.05) is 24.3 Å². The van der Waals surface area contributed by atoms with Crippen LogP contribution in [-0.4, -0.2) is 23.3 Å². The summed E-state index contributed by atoms with van der Waals surface area (Å²) in [6.45, 7) is 3.07. The monoisotopic (exact) mass is 420 g/mol. The Morgan fingerprint density at radius 1 is 1.37 bits per heavy atom. The number of hydrogen-bond donors (Lipinski definition) is 0. The van der Waals surface area contributed by atoms with E-state index in [0.29, 0.717) is 13.2 Å². The lowest BCUT2D eigenvalue weighted by Gasteiger charge is -2.16. The Bertz CT molecular complexity index is 1040. The number of thiophene rings is 1. The molecule has 1 aromatic carbocycles. The van der Waals surface area contributed by atoms with E-state index in [1.54, 1.807) is 34.8 Å². The fraction of sp³-hybridized carbons (Fsp3) is 0.400. The molecule has 1 atom stereocenters. The van der Waals surface area contributed by atoms with Gasteiger partial charge < -0.3 is 4.74 Å². The Morgan fingerprint density at radius 3 is 2.96 bits per heavy atom. The number of ether oxygens (including phenoxy) is 1. The molecular formula is C20H21ClN2O2S2. The highest BCUT2D eigenvalue weighted by atomic mass is 35.5. The Labute approximate surface area is 171 Å². The molecule has 0 saturated heterocycles. The minimum Gasteiger partial charge on any atom is -0.383 e. The molecule has 0 unspecified atom stereocenters. The van der Waals surface area contributed by atoms with Crippen LogP contribution in [0.5, 0.6) is 0 Å². The summed E-state index contributed by atoms with van der Waals surface area (Å²) in [7, 11) is 1.65. The average Bonchev–Trinajstić information content (AvgIpc) is 3.22. The molecule has 2 heterocycles. The summed E-state index contributed by atoms with van der Waals surface area (Å²) in [6, 6.07) is 7.83. The van der Waals surface area contributed by atoms with Gasteiger partial charge in [0.1, 0.15) is 4.83 Å². The minimum absolute atomic E-state index is 0.0605. The van der Waals surface area contributed by atoms with E-state index in [0.717, 1.165) is 45.2 Å². The van der Waals surface area contributed by atoms with Crippen LogP contribution in [0.4, 0.5) is 0 Å². The Balaban J connectivity index is 1.79. The summed E-state index contributed by atoms with van der Waals surface area (Å²) >= 11 is 9.62. The SMILES string of the molecule is COCCn1c(S[C@H](C)c2ccccc2Cl)nc2sc3c(c2c1=O)CCC3. The van der Waals surface area contributed by atoms with Gasteiger partial charge in [0.05, 0.1) is 18.5 Å². The van der Waals surface area contributed by atoms with Crippen molar-refractivity contribution in [3.63, 3.8) is 0 Å². The molecule has 27 heavy (non-hydrogen) atoms. The molecule has 0 amide bonds. The standard InChI is InChI=1S/C20H21ClN2O2S2/c1-12(13-6-3-4-8-15(13)21)26-20-22-18-17(14-7-5-9-16(14)27-18)19(24)23(20)10-11-25-2/h3-4,6,8,12H,5,7,9-11H2,1-2H3/t12-/m1/s1. The average molecular weight is 421 g/mol. The van der Waals surface area contributed by atoms with Gasteiger partial charge in [-0.2, -0.15) is 0 Å². The summed E-state index contributed by atoms with van der Waals surface area (Å²) in [4.78, 5) is 20.4. The molecule has 0 saturated carbocycles. The maximum atomic E-state index is 13.3. The van der Waals surface area contributed by atoms with Crippen molar-refractivity contribution in [3.05, 3.63) is 55.6 Å². The van der Waals surface area contributed by atoms with Crippen molar-refractivity contribution in [1.82, 2.24) is 9.55 Å². The largest absolute Gasteiger partial charge is 0.383 e. The fourth-order valence-corrected chi connectivity index (χ4v) is 6.32. The number of methoxy groups -OCH3 is 1. The zero-order chi connectivity index (χ0) is 19.0. The quantitative estimate of drug-likeness (QED) is 0.411. The molecule has 3 aromatic rings. The third kappa shape index (κ3) is 3.56. The van der Waals surface area contributed by atoms with Crippen molar-refractivity contribution in [2.24, 2.45) is 0 Å². The number of rotatable bonds is 6. The van der Waals surface area contributed by atoms with E-state index in [1.165, 1.54) is 10.4 Å². The molecule has 4 nitrogen and oxygen atoms in total. The molecular weight excluding hydrogens is 400 g/mol. The van der Waals surface area contributed by atoms with Crippen LogP contribution in [0.3, 0.4) is 0 Å². The van der Waals surface area contributed by atoms with Crippen molar-refractivity contribution >= 4 is 44.9 Å². The van der Waals surface area contributed by atoms with Crippen LogP contribution >= 0.6 is 34.7 Å². The molecule has 0 N–H and O–H groups in total. The molecule has 1 aliphatic carbocycles. The van der Waals surface area contributed by atoms with Gasteiger partial charge in [0, 0.05) is 22.3 Å². The van der Waals surface area contributed by atoms with Gasteiger partial charge in [-0.25, -0.2) is 4.98 Å². The number of fused-ring (bicyclic) bond motifs is 3. The van der Waals surface area contributed by atoms with Crippen LogP contribution in [-0.2, 0) is 24.1 Å². The zero-order valence-corrected chi connectivity index (χ0v) is 17.7. The van der Waals surface area contributed by atoms with Gasteiger partial charge >= 0.3 is 0 Å². The zero-order valence-electron chi connectivity index (χ0n) is 15.3. The molecule has 0 spiro atoms. The van der Waals surface area contributed by atoms with Crippen molar-refractivity contribution < 1.29 is 4.74 Å². The minimum atomic E-state index is 0.0605. The molecule has 2 aromatic heterocycles. The Morgan fingerprint density at radius 2 is 2.19 bits per heavy atom. The number of aromatic nitrogens is 2. The first-order valence-corrected chi connectivity index (χ1v) is 11.1. The van der Waals surface area contributed by atoms with Gasteiger partial charge in [-0.1, -0.05) is 41.6 Å². The topological polar surface area (TPSA) is 44.1 Å². The third-order valence-electron chi connectivity index (χ3n) is 4.93. The summed E-state index contributed by atoms with van der Waals surface area (Å²) in [5.74, 6) is 0. The molecule has 1 aliphatic rings. The fourth-order valence-electron chi connectivity index (χ4n) is 3.55. The lowest BCUT2D eigenvalue weighted by atomic mass is 10.2. The van der Waals surface area contributed by atoms with Crippen molar-refractivity contribution in [3.8, 4) is 0 Å². The predicted octanol–water partition coefficient (Wildman–Crippen LogP) is 5.10. The lowest BCUT2D eigenvalue weighted by molar-refractivity contribution is 0.183. The number of thioether (sulfide) groups is 1.